The second kappa shape index (κ2) is 9.12. The molecule has 1 saturated heterocycles. The number of nitrogens with one attached hydrogen (secondary N) is 2. The van der Waals surface area contributed by atoms with Crippen LogP contribution in [0.1, 0.15) is 50.9 Å². The number of carbonyl (C=O) groups excluding carboxylic acids is 2. The third kappa shape index (κ3) is 5.53. The van der Waals surface area contributed by atoms with E-state index >= 15 is 0 Å². The summed E-state index contributed by atoms with van der Waals surface area (Å²) in [5.41, 5.74) is 0.343. The van der Waals surface area contributed by atoms with Gasteiger partial charge in [0.25, 0.3) is 5.91 Å². The maximum Gasteiger partial charge on any atom is 0.251 e. The number of hydrogen-bond donors (Lipinski definition) is 2. The summed E-state index contributed by atoms with van der Waals surface area (Å²) in [5, 5.41) is 5.87. The average Bonchev–Trinajstić information content (AvgIpc) is 2.60. The van der Waals surface area contributed by atoms with Crippen molar-refractivity contribution in [3.05, 3.63) is 35.6 Å². The van der Waals surface area contributed by atoms with Gasteiger partial charge in [0, 0.05) is 30.7 Å². The molecule has 0 unspecified atom stereocenters. The molecular weight excluding hydrogens is 333 g/mol. The topological polar surface area (TPSA) is 61.4 Å². The fourth-order valence-corrected chi connectivity index (χ4v) is 3.21. The Balaban J connectivity index is 1.93. The minimum absolute atomic E-state index is 0.0462. The number of likely N-dealkylation sites (tertiary alicyclic amines) is 1. The van der Waals surface area contributed by atoms with E-state index in [2.05, 4.69) is 29.4 Å². The first kappa shape index (κ1) is 20.4. The number of carbonyl (C=O) groups is 2. The van der Waals surface area contributed by atoms with Gasteiger partial charge in [0.15, 0.2) is 0 Å². The fraction of sp³-hybridized carbons (Fsp3) is 0.600. The normalized spacial score (nSPS) is 17.3. The molecule has 0 aromatic heterocycles. The van der Waals surface area contributed by atoms with Gasteiger partial charge in [-0.1, -0.05) is 13.8 Å². The molecule has 1 atom stereocenters. The summed E-state index contributed by atoms with van der Waals surface area (Å²) in [6, 6.07) is 5.36. The van der Waals surface area contributed by atoms with Crippen LogP contribution in [0.5, 0.6) is 0 Å². The highest BCUT2D eigenvalue weighted by atomic mass is 19.1. The lowest BCUT2D eigenvalue weighted by Gasteiger charge is -2.35. The lowest BCUT2D eigenvalue weighted by atomic mass is 9.99. The monoisotopic (exact) mass is 363 g/mol. The van der Waals surface area contributed by atoms with Crippen molar-refractivity contribution in [3.63, 3.8) is 0 Å². The van der Waals surface area contributed by atoms with E-state index in [0.717, 1.165) is 25.9 Å². The molecule has 1 aromatic carbocycles. The number of halogens is 1. The fourth-order valence-electron chi connectivity index (χ4n) is 3.21. The van der Waals surface area contributed by atoms with Crippen LogP contribution in [-0.4, -0.2) is 47.9 Å². The molecule has 5 nitrogen and oxygen atoms in total. The molecule has 2 N–H and O–H groups in total. The molecule has 1 heterocycles. The molecular formula is C20H30FN3O2. The number of amides is 2. The first-order valence-corrected chi connectivity index (χ1v) is 9.38. The summed E-state index contributed by atoms with van der Waals surface area (Å²) in [5.74, 6) is -0.963. The van der Waals surface area contributed by atoms with E-state index < -0.39 is 11.9 Å². The van der Waals surface area contributed by atoms with Crippen LogP contribution in [0.15, 0.2) is 24.3 Å². The van der Waals surface area contributed by atoms with Gasteiger partial charge >= 0.3 is 0 Å². The van der Waals surface area contributed by atoms with E-state index in [1.54, 1.807) is 0 Å². The van der Waals surface area contributed by atoms with Gasteiger partial charge in [-0.2, -0.15) is 0 Å². The van der Waals surface area contributed by atoms with Gasteiger partial charge < -0.3 is 15.5 Å². The Hall–Kier alpha value is -1.95. The second-order valence-electron chi connectivity index (χ2n) is 7.61. The van der Waals surface area contributed by atoms with Gasteiger partial charge in [-0.05, 0) is 56.9 Å². The largest absolute Gasteiger partial charge is 0.351 e. The third-order valence-corrected chi connectivity index (χ3v) is 4.95. The number of hydrogen-bond acceptors (Lipinski definition) is 3. The number of benzene rings is 1. The van der Waals surface area contributed by atoms with Crippen LogP contribution in [0, 0.1) is 11.7 Å². The van der Waals surface area contributed by atoms with Crippen LogP contribution < -0.4 is 10.6 Å². The number of rotatable bonds is 6. The lowest BCUT2D eigenvalue weighted by Crippen LogP contribution is -2.54. The van der Waals surface area contributed by atoms with Crippen molar-refractivity contribution < 1.29 is 14.0 Å². The van der Waals surface area contributed by atoms with Crippen LogP contribution in [-0.2, 0) is 4.79 Å². The molecule has 1 aliphatic heterocycles. The second-order valence-corrected chi connectivity index (χ2v) is 7.61. The highest BCUT2D eigenvalue weighted by Crippen LogP contribution is 2.14. The standard InChI is InChI=1S/C20H30FN3O2/c1-13(2)18(23-19(25)15-5-7-16(21)8-6-15)20(26)22-17-9-11-24(12-10-17)14(3)4/h5-8,13-14,17-18H,9-12H2,1-4H3,(H,22,26)(H,23,25)/t18-/m1/s1. The summed E-state index contributed by atoms with van der Waals surface area (Å²) in [4.78, 5) is 27.5. The Bertz CT molecular complexity index is 608. The van der Waals surface area contributed by atoms with Gasteiger partial charge in [-0.25, -0.2) is 4.39 Å². The average molecular weight is 363 g/mol. The minimum Gasteiger partial charge on any atom is -0.351 e. The van der Waals surface area contributed by atoms with Crippen molar-refractivity contribution in [3.8, 4) is 0 Å². The van der Waals surface area contributed by atoms with E-state index in [1.165, 1.54) is 24.3 Å². The molecule has 1 fully saturated rings. The highest BCUT2D eigenvalue weighted by Gasteiger charge is 2.28. The molecule has 144 valence electrons. The maximum atomic E-state index is 13.0. The Morgan fingerprint density at radius 3 is 2.15 bits per heavy atom. The van der Waals surface area contributed by atoms with Crippen LogP contribution in [0.25, 0.3) is 0 Å². The van der Waals surface area contributed by atoms with Crippen molar-refractivity contribution >= 4 is 11.8 Å². The van der Waals surface area contributed by atoms with Crippen molar-refractivity contribution in [1.29, 1.82) is 0 Å². The Morgan fingerprint density at radius 2 is 1.65 bits per heavy atom. The van der Waals surface area contributed by atoms with E-state index in [9.17, 15) is 14.0 Å². The van der Waals surface area contributed by atoms with Gasteiger partial charge in [0.05, 0.1) is 0 Å². The highest BCUT2D eigenvalue weighted by molar-refractivity contribution is 5.97. The molecule has 0 aliphatic carbocycles. The third-order valence-electron chi connectivity index (χ3n) is 4.95. The Kier molecular flexibility index (Phi) is 7.14. The van der Waals surface area contributed by atoms with E-state index in [-0.39, 0.29) is 23.8 Å². The van der Waals surface area contributed by atoms with Crippen molar-refractivity contribution in [1.82, 2.24) is 15.5 Å². The van der Waals surface area contributed by atoms with Gasteiger partial charge in [0.1, 0.15) is 11.9 Å². The maximum absolute atomic E-state index is 13.0. The van der Waals surface area contributed by atoms with Crippen LogP contribution in [0.3, 0.4) is 0 Å². The zero-order valence-corrected chi connectivity index (χ0v) is 16.1. The van der Waals surface area contributed by atoms with Gasteiger partial charge in [-0.15, -0.1) is 0 Å². The van der Waals surface area contributed by atoms with E-state index in [1.807, 2.05) is 13.8 Å². The molecule has 2 amide bonds. The summed E-state index contributed by atoms with van der Waals surface area (Å²) >= 11 is 0. The molecule has 2 rings (SSSR count). The van der Waals surface area contributed by atoms with Gasteiger partial charge in [-0.3, -0.25) is 9.59 Å². The SMILES string of the molecule is CC(C)[C@@H](NC(=O)c1ccc(F)cc1)C(=O)NC1CCN(C(C)C)CC1. The smallest absolute Gasteiger partial charge is 0.251 e. The van der Waals surface area contributed by atoms with Crippen molar-refractivity contribution in [2.75, 3.05) is 13.1 Å². The van der Waals surface area contributed by atoms with Crippen LogP contribution in [0.2, 0.25) is 0 Å². The predicted molar refractivity (Wildman–Crippen MR) is 100 cm³/mol. The molecule has 0 bridgehead atoms. The summed E-state index contributed by atoms with van der Waals surface area (Å²) in [7, 11) is 0. The molecule has 0 saturated carbocycles. The molecule has 6 heteroatoms. The molecule has 26 heavy (non-hydrogen) atoms. The number of piperidine rings is 1. The zero-order chi connectivity index (χ0) is 19.3. The summed E-state index contributed by atoms with van der Waals surface area (Å²) in [6.45, 7) is 10.1. The molecule has 1 aromatic rings. The minimum atomic E-state index is -0.615. The van der Waals surface area contributed by atoms with E-state index in [4.69, 9.17) is 0 Å². The molecule has 0 spiro atoms. The quantitative estimate of drug-likeness (QED) is 0.817. The Morgan fingerprint density at radius 1 is 1.08 bits per heavy atom. The van der Waals surface area contributed by atoms with Crippen molar-refractivity contribution in [2.24, 2.45) is 5.92 Å². The predicted octanol–water partition coefficient (Wildman–Crippen LogP) is 2.57. The first-order valence-electron chi connectivity index (χ1n) is 9.38. The number of nitrogens with zero attached hydrogens (tertiary/aromatic N) is 1. The molecule has 1 aliphatic rings. The van der Waals surface area contributed by atoms with Crippen molar-refractivity contribution in [2.45, 2.75) is 58.7 Å². The molecule has 0 radical (unpaired) electrons. The zero-order valence-electron chi connectivity index (χ0n) is 16.1. The Labute approximate surface area is 155 Å². The first-order chi connectivity index (χ1) is 12.3. The van der Waals surface area contributed by atoms with Gasteiger partial charge in [0.2, 0.25) is 5.91 Å². The summed E-state index contributed by atoms with van der Waals surface area (Å²) < 4.78 is 13.0. The summed E-state index contributed by atoms with van der Waals surface area (Å²) in [6.07, 6.45) is 1.83. The van der Waals surface area contributed by atoms with Crippen LogP contribution >= 0.6 is 0 Å². The van der Waals surface area contributed by atoms with E-state index in [0.29, 0.717) is 11.6 Å². The van der Waals surface area contributed by atoms with Crippen LogP contribution in [0.4, 0.5) is 4.39 Å². The lowest BCUT2D eigenvalue weighted by molar-refractivity contribution is -0.125.